The molecule has 0 atom stereocenters. The first-order valence-electron chi connectivity index (χ1n) is 8.55. The van der Waals surface area contributed by atoms with Gasteiger partial charge in [0.15, 0.2) is 0 Å². The van der Waals surface area contributed by atoms with Gasteiger partial charge in [0, 0.05) is 13.2 Å². The molecule has 0 saturated carbocycles. The molecule has 0 heterocycles. The van der Waals surface area contributed by atoms with Crippen LogP contribution in [0.15, 0.2) is 0 Å². The smallest absolute Gasteiger partial charge is 0.417 e. The van der Waals surface area contributed by atoms with Crippen molar-refractivity contribution < 1.29 is 24.2 Å². The first-order chi connectivity index (χ1) is 11.4. The SMILES string of the molecule is CC(C)(C)OC(=O)NC(=N)N(CCCCCCO)C(=O)OC(C)(C)C. The maximum atomic E-state index is 12.3. The third kappa shape index (κ3) is 12.2. The Kier molecular flexibility index (Phi) is 9.48. The maximum absolute atomic E-state index is 12.3. The molecule has 0 bridgehead atoms. The zero-order valence-electron chi connectivity index (χ0n) is 16.3. The van der Waals surface area contributed by atoms with E-state index in [9.17, 15) is 9.59 Å². The van der Waals surface area contributed by atoms with Crippen molar-refractivity contribution in [2.24, 2.45) is 0 Å². The Morgan fingerprint density at radius 1 is 0.960 bits per heavy atom. The van der Waals surface area contributed by atoms with Crippen molar-refractivity contribution in [3.8, 4) is 0 Å². The second kappa shape index (κ2) is 10.2. The van der Waals surface area contributed by atoms with Crippen LogP contribution in [0.2, 0.25) is 0 Å². The van der Waals surface area contributed by atoms with E-state index >= 15 is 0 Å². The van der Waals surface area contributed by atoms with E-state index in [0.717, 1.165) is 17.7 Å². The predicted octanol–water partition coefficient (Wildman–Crippen LogP) is 3.24. The van der Waals surface area contributed by atoms with Crippen molar-refractivity contribution in [1.82, 2.24) is 10.2 Å². The molecule has 2 amide bonds. The molecule has 0 radical (unpaired) electrons. The number of amides is 2. The minimum Gasteiger partial charge on any atom is -0.444 e. The molecule has 0 aromatic carbocycles. The number of hydrogen-bond donors (Lipinski definition) is 3. The van der Waals surface area contributed by atoms with Gasteiger partial charge in [0.25, 0.3) is 0 Å². The molecule has 0 aliphatic heterocycles. The molecule has 0 rings (SSSR count). The van der Waals surface area contributed by atoms with Crippen LogP contribution in [0.25, 0.3) is 0 Å². The molecule has 8 nitrogen and oxygen atoms in total. The molecule has 0 unspecified atom stereocenters. The van der Waals surface area contributed by atoms with Gasteiger partial charge in [0.05, 0.1) is 0 Å². The van der Waals surface area contributed by atoms with Crippen molar-refractivity contribution in [2.45, 2.75) is 78.4 Å². The van der Waals surface area contributed by atoms with E-state index in [2.05, 4.69) is 5.32 Å². The molecule has 146 valence electrons. The van der Waals surface area contributed by atoms with Gasteiger partial charge in [-0.3, -0.25) is 10.7 Å². The standard InChI is InChI=1S/C17H33N3O5/c1-16(2,3)24-14(22)19-13(18)20(11-9-7-8-10-12-21)15(23)25-17(4,5)6/h21H,7-12H2,1-6H3,(H2,18,19,22). The highest BCUT2D eigenvalue weighted by Crippen LogP contribution is 2.12. The molecule has 0 saturated heterocycles. The molecule has 25 heavy (non-hydrogen) atoms. The first-order valence-corrected chi connectivity index (χ1v) is 8.55. The normalized spacial score (nSPS) is 11.6. The van der Waals surface area contributed by atoms with Gasteiger partial charge in [-0.05, 0) is 54.4 Å². The van der Waals surface area contributed by atoms with Crippen LogP contribution in [0.5, 0.6) is 0 Å². The molecular formula is C17H33N3O5. The Bertz CT molecular complexity index is 452. The van der Waals surface area contributed by atoms with Gasteiger partial charge in [0.1, 0.15) is 11.2 Å². The molecular weight excluding hydrogens is 326 g/mol. The fraction of sp³-hybridized carbons (Fsp3) is 0.824. The molecule has 0 spiro atoms. The summed E-state index contributed by atoms with van der Waals surface area (Å²) in [4.78, 5) is 25.2. The van der Waals surface area contributed by atoms with Crippen molar-refractivity contribution in [1.29, 1.82) is 5.41 Å². The quantitative estimate of drug-likeness (QED) is 0.383. The van der Waals surface area contributed by atoms with Gasteiger partial charge in [-0.1, -0.05) is 12.8 Å². The lowest BCUT2D eigenvalue weighted by Crippen LogP contribution is -2.49. The van der Waals surface area contributed by atoms with E-state index in [-0.39, 0.29) is 19.1 Å². The summed E-state index contributed by atoms with van der Waals surface area (Å²) >= 11 is 0. The molecule has 3 N–H and O–H groups in total. The van der Waals surface area contributed by atoms with E-state index in [1.165, 1.54) is 0 Å². The van der Waals surface area contributed by atoms with Crippen LogP contribution in [0, 0.1) is 5.41 Å². The fourth-order valence-electron chi connectivity index (χ4n) is 1.81. The third-order valence-corrected chi connectivity index (χ3v) is 2.79. The summed E-state index contributed by atoms with van der Waals surface area (Å²) in [5.74, 6) is -0.384. The van der Waals surface area contributed by atoms with Crippen LogP contribution in [0.4, 0.5) is 9.59 Å². The summed E-state index contributed by atoms with van der Waals surface area (Å²) in [5, 5.41) is 19.1. The summed E-state index contributed by atoms with van der Waals surface area (Å²) in [6.07, 6.45) is 1.44. The van der Waals surface area contributed by atoms with E-state index in [1.54, 1.807) is 41.5 Å². The number of aliphatic hydroxyl groups excluding tert-OH is 1. The molecule has 0 aliphatic carbocycles. The Labute approximate surface area is 150 Å². The second-order valence-electron chi connectivity index (χ2n) is 7.75. The van der Waals surface area contributed by atoms with Crippen LogP contribution < -0.4 is 5.32 Å². The molecule has 8 heteroatoms. The fourth-order valence-corrected chi connectivity index (χ4v) is 1.81. The number of guanidine groups is 1. The van der Waals surface area contributed by atoms with Crippen molar-refractivity contribution >= 4 is 18.1 Å². The van der Waals surface area contributed by atoms with Gasteiger partial charge < -0.3 is 14.6 Å². The van der Waals surface area contributed by atoms with Gasteiger partial charge in [-0.25, -0.2) is 14.5 Å². The summed E-state index contributed by atoms with van der Waals surface area (Å²) in [7, 11) is 0. The Hall–Kier alpha value is -1.83. The zero-order valence-corrected chi connectivity index (χ0v) is 16.3. The predicted molar refractivity (Wildman–Crippen MR) is 95.6 cm³/mol. The van der Waals surface area contributed by atoms with E-state index in [1.807, 2.05) is 0 Å². The van der Waals surface area contributed by atoms with Crippen LogP contribution in [0.1, 0.15) is 67.2 Å². The van der Waals surface area contributed by atoms with E-state index < -0.39 is 23.4 Å². The topological polar surface area (TPSA) is 112 Å². The Morgan fingerprint density at radius 2 is 1.48 bits per heavy atom. The molecule has 0 aliphatic rings. The highest BCUT2D eigenvalue weighted by atomic mass is 16.6. The zero-order chi connectivity index (χ0) is 19.7. The number of aliphatic hydroxyl groups is 1. The number of alkyl carbamates (subject to hydrolysis) is 1. The van der Waals surface area contributed by atoms with Gasteiger partial charge in [0.2, 0.25) is 5.96 Å². The lowest BCUT2D eigenvalue weighted by molar-refractivity contribution is 0.0355. The summed E-state index contributed by atoms with van der Waals surface area (Å²) in [5.41, 5.74) is -1.41. The largest absolute Gasteiger partial charge is 0.444 e. The highest BCUT2D eigenvalue weighted by molar-refractivity contribution is 5.99. The number of carbonyl (C=O) groups is 2. The monoisotopic (exact) mass is 359 g/mol. The minimum absolute atomic E-state index is 0.131. The average molecular weight is 359 g/mol. The maximum Gasteiger partial charge on any atom is 0.417 e. The molecule has 0 aromatic heterocycles. The highest BCUT2D eigenvalue weighted by Gasteiger charge is 2.27. The second-order valence-corrected chi connectivity index (χ2v) is 7.75. The summed E-state index contributed by atoms with van der Waals surface area (Å²) in [6.45, 7) is 10.7. The van der Waals surface area contributed by atoms with Crippen molar-refractivity contribution in [3.63, 3.8) is 0 Å². The van der Waals surface area contributed by atoms with Crippen molar-refractivity contribution in [3.05, 3.63) is 0 Å². The van der Waals surface area contributed by atoms with Crippen LogP contribution in [-0.2, 0) is 9.47 Å². The number of rotatable bonds is 6. The van der Waals surface area contributed by atoms with Gasteiger partial charge in [-0.15, -0.1) is 0 Å². The Morgan fingerprint density at radius 3 is 1.96 bits per heavy atom. The third-order valence-electron chi connectivity index (χ3n) is 2.79. The number of hydrogen-bond acceptors (Lipinski definition) is 6. The number of nitrogens with zero attached hydrogens (tertiary/aromatic N) is 1. The molecule has 0 fully saturated rings. The minimum atomic E-state index is -0.800. The van der Waals surface area contributed by atoms with Crippen LogP contribution >= 0.6 is 0 Å². The number of ether oxygens (including phenoxy) is 2. The lowest BCUT2D eigenvalue weighted by Gasteiger charge is -2.28. The van der Waals surface area contributed by atoms with E-state index in [4.69, 9.17) is 20.0 Å². The molecule has 0 aromatic rings. The van der Waals surface area contributed by atoms with E-state index in [0.29, 0.717) is 12.8 Å². The van der Waals surface area contributed by atoms with Crippen molar-refractivity contribution in [2.75, 3.05) is 13.2 Å². The average Bonchev–Trinajstić information content (AvgIpc) is 2.37. The summed E-state index contributed by atoms with van der Waals surface area (Å²) < 4.78 is 10.4. The lowest BCUT2D eigenvalue weighted by atomic mass is 10.2. The number of unbranched alkanes of at least 4 members (excludes halogenated alkanes) is 3. The van der Waals surface area contributed by atoms with Crippen LogP contribution in [0.3, 0.4) is 0 Å². The Balaban J connectivity index is 4.82. The summed E-state index contributed by atoms with van der Waals surface area (Å²) in [6, 6.07) is 0. The van der Waals surface area contributed by atoms with Gasteiger partial charge >= 0.3 is 12.2 Å². The number of carbonyl (C=O) groups excluding carboxylic acids is 2. The first kappa shape index (κ1) is 23.2. The number of nitrogens with one attached hydrogen (secondary N) is 2. The van der Waals surface area contributed by atoms with Gasteiger partial charge in [-0.2, -0.15) is 0 Å². The van der Waals surface area contributed by atoms with Crippen LogP contribution in [-0.4, -0.2) is 52.5 Å².